The number of nitrogens with zero attached hydrogens (tertiary/aromatic N) is 3. The molecule has 1 aliphatic rings. The van der Waals surface area contributed by atoms with Crippen molar-refractivity contribution in [2.75, 3.05) is 6.61 Å². The Hall–Kier alpha value is -4.78. The monoisotopic (exact) mass is 563 g/mol. The molecule has 196 valence electrons. The second-order valence-corrected chi connectivity index (χ2v) is 10.8. The van der Waals surface area contributed by atoms with Gasteiger partial charge in [0.15, 0.2) is 4.80 Å². The van der Waals surface area contributed by atoms with Crippen LogP contribution in [0, 0.1) is 11.3 Å². The molecular formula is C31H21N3O4S2. The molecule has 5 aromatic rings. The van der Waals surface area contributed by atoms with E-state index in [2.05, 4.69) is 6.07 Å². The summed E-state index contributed by atoms with van der Waals surface area (Å²) in [5, 5.41) is 11.4. The summed E-state index contributed by atoms with van der Waals surface area (Å²) < 4.78 is 13.5. The van der Waals surface area contributed by atoms with E-state index < -0.39 is 12.0 Å². The summed E-state index contributed by atoms with van der Waals surface area (Å²) in [6.07, 6.45) is 1.67. The number of fused-ring (bicyclic) bond motifs is 1. The van der Waals surface area contributed by atoms with Gasteiger partial charge in [0.05, 0.1) is 34.0 Å². The minimum atomic E-state index is -0.692. The van der Waals surface area contributed by atoms with E-state index >= 15 is 0 Å². The summed E-state index contributed by atoms with van der Waals surface area (Å²) in [6, 6.07) is 25.5. The molecule has 6 rings (SSSR count). The van der Waals surface area contributed by atoms with E-state index in [1.165, 1.54) is 22.7 Å². The zero-order valence-corrected chi connectivity index (χ0v) is 22.9. The topological polar surface area (TPSA) is 97.6 Å². The molecule has 1 unspecified atom stereocenters. The van der Waals surface area contributed by atoms with E-state index in [1.54, 1.807) is 41.8 Å². The van der Waals surface area contributed by atoms with Crippen molar-refractivity contribution in [1.29, 1.82) is 5.26 Å². The van der Waals surface area contributed by atoms with E-state index in [4.69, 9.17) is 14.1 Å². The Kier molecular flexibility index (Phi) is 6.86. The lowest BCUT2D eigenvalue weighted by Gasteiger charge is -2.24. The number of esters is 1. The van der Waals surface area contributed by atoms with Gasteiger partial charge in [-0.25, -0.2) is 9.79 Å². The number of rotatable bonds is 6. The molecule has 1 aliphatic heterocycles. The van der Waals surface area contributed by atoms with Gasteiger partial charge in [0, 0.05) is 22.1 Å². The van der Waals surface area contributed by atoms with Crippen molar-refractivity contribution in [1.82, 2.24) is 4.57 Å². The Bertz CT molecular complexity index is 1970. The molecule has 0 aliphatic carbocycles. The largest absolute Gasteiger partial charge is 0.463 e. The highest BCUT2D eigenvalue weighted by atomic mass is 32.1. The second-order valence-electron chi connectivity index (χ2n) is 8.81. The minimum absolute atomic E-state index is 0.196. The molecule has 7 nitrogen and oxygen atoms in total. The van der Waals surface area contributed by atoms with Crippen LogP contribution in [0.25, 0.3) is 23.1 Å². The SMILES string of the molecule is CCOC(=O)C1=C(c2ccccc2)N=c2sc(=Cc3ccc(-c4ccccc4C#N)o3)c(=O)n2C1c1cccs1. The van der Waals surface area contributed by atoms with Crippen LogP contribution in [0.4, 0.5) is 0 Å². The van der Waals surface area contributed by atoms with Crippen molar-refractivity contribution in [3.05, 3.63) is 131 Å². The first-order chi connectivity index (χ1) is 19.6. The van der Waals surface area contributed by atoms with Crippen molar-refractivity contribution in [3.8, 4) is 17.4 Å². The van der Waals surface area contributed by atoms with Crippen molar-refractivity contribution in [2.45, 2.75) is 13.0 Å². The number of carbonyl (C=O) groups excluding carboxylic acids is 1. The van der Waals surface area contributed by atoms with Crippen LogP contribution < -0.4 is 14.9 Å². The minimum Gasteiger partial charge on any atom is -0.463 e. The molecule has 0 fully saturated rings. The number of hydrogen-bond acceptors (Lipinski definition) is 8. The van der Waals surface area contributed by atoms with Crippen molar-refractivity contribution in [2.24, 2.45) is 4.99 Å². The summed E-state index contributed by atoms with van der Waals surface area (Å²) in [6.45, 7) is 1.95. The smallest absolute Gasteiger partial charge is 0.338 e. The first-order valence-corrected chi connectivity index (χ1v) is 14.2. The number of aromatic nitrogens is 1. The van der Waals surface area contributed by atoms with Crippen molar-refractivity contribution < 1.29 is 13.9 Å². The second kappa shape index (κ2) is 10.8. The molecule has 2 aromatic carbocycles. The molecule has 9 heteroatoms. The fourth-order valence-electron chi connectivity index (χ4n) is 4.66. The first-order valence-electron chi connectivity index (χ1n) is 12.5. The van der Waals surface area contributed by atoms with Gasteiger partial charge in [-0.3, -0.25) is 9.36 Å². The van der Waals surface area contributed by atoms with Crippen LogP contribution >= 0.6 is 22.7 Å². The Labute approximate surface area is 236 Å². The number of thiophene rings is 1. The zero-order valence-electron chi connectivity index (χ0n) is 21.2. The molecule has 0 radical (unpaired) electrons. The van der Waals surface area contributed by atoms with Crippen LogP contribution in [0.15, 0.2) is 104 Å². The Morgan fingerprint density at radius 3 is 2.65 bits per heavy atom. The van der Waals surface area contributed by atoms with Crippen LogP contribution in [0.1, 0.15) is 34.7 Å². The normalized spacial score (nSPS) is 14.9. The highest BCUT2D eigenvalue weighted by Crippen LogP contribution is 2.36. The molecule has 1 atom stereocenters. The zero-order chi connectivity index (χ0) is 27.6. The molecule has 0 saturated carbocycles. The number of benzene rings is 2. The van der Waals surface area contributed by atoms with Crippen molar-refractivity contribution >= 4 is 40.4 Å². The highest BCUT2D eigenvalue weighted by Gasteiger charge is 2.35. The van der Waals surface area contributed by atoms with Crippen LogP contribution in [0.5, 0.6) is 0 Å². The van der Waals surface area contributed by atoms with E-state index in [0.29, 0.717) is 43.3 Å². The number of furan rings is 1. The maximum atomic E-state index is 13.9. The summed E-state index contributed by atoms with van der Waals surface area (Å²) >= 11 is 2.69. The molecule has 0 amide bonds. The summed E-state index contributed by atoms with van der Waals surface area (Å²) in [5.41, 5.74) is 2.46. The van der Waals surface area contributed by atoms with Gasteiger partial charge >= 0.3 is 5.97 Å². The molecule has 0 spiro atoms. The van der Waals surface area contributed by atoms with Gasteiger partial charge in [-0.05, 0) is 42.6 Å². The fraction of sp³-hybridized carbons (Fsp3) is 0.0968. The third-order valence-corrected chi connectivity index (χ3v) is 8.31. The predicted octanol–water partition coefficient (Wildman–Crippen LogP) is 5.13. The molecule has 4 heterocycles. The highest BCUT2D eigenvalue weighted by molar-refractivity contribution is 7.10. The van der Waals surface area contributed by atoms with Gasteiger partial charge in [-0.1, -0.05) is 59.9 Å². The lowest BCUT2D eigenvalue weighted by atomic mass is 9.97. The Morgan fingerprint density at radius 2 is 1.90 bits per heavy atom. The number of nitriles is 1. The summed E-state index contributed by atoms with van der Waals surface area (Å²) in [4.78, 5) is 33.4. The van der Waals surface area contributed by atoms with Gasteiger partial charge < -0.3 is 9.15 Å². The Morgan fingerprint density at radius 1 is 1.10 bits per heavy atom. The van der Waals surface area contributed by atoms with Crippen molar-refractivity contribution in [3.63, 3.8) is 0 Å². The van der Waals surface area contributed by atoms with Gasteiger partial charge in [0.2, 0.25) is 0 Å². The lowest BCUT2D eigenvalue weighted by molar-refractivity contribution is -0.138. The summed E-state index contributed by atoms with van der Waals surface area (Å²) in [5.74, 6) is 0.488. The van der Waals surface area contributed by atoms with Gasteiger partial charge in [-0.2, -0.15) is 5.26 Å². The average molecular weight is 564 g/mol. The first kappa shape index (κ1) is 25.5. The van der Waals surface area contributed by atoms with E-state index in [-0.39, 0.29) is 12.2 Å². The van der Waals surface area contributed by atoms with E-state index in [0.717, 1.165) is 10.4 Å². The van der Waals surface area contributed by atoms with Crippen LogP contribution in [0.2, 0.25) is 0 Å². The Balaban J connectivity index is 1.54. The molecule has 3 aromatic heterocycles. The molecular weight excluding hydrogens is 542 g/mol. The molecule has 0 bridgehead atoms. The molecule has 0 N–H and O–H groups in total. The van der Waals surface area contributed by atoms with Crippen LogP contribution in [-0.2, 0) is 9.53 Å². The molecule has 40 heavy (non-hydrogen) atoms. The lowest BCUT2D eigenvalue weighted by Crippen LogP contribution is -2.39. The van der Waals surface area contributed by atoms with Gasteiger partial charge in [0.1, 0.15) is 17.6 Å². The summed E-state index contributed by atoms with van der Waals surface area (Å²) in [7, 11) is 0. The number of carbonyl (C=O) groups is 1. The van der Waals surface area contributed by atoms with E-state index in [1.807, 2.05) is 60.0 Å². The number of thiazole rings is 1. The maximum absolute atomic E-state index is 13.9. The van der Waals surface area contributed by atoms with Gasteiger partial charge in [-0.15, -0.1) is 11.3 Å². The van der Waals surface area contributed by atoms with Gasteiger partial charge in [0.25, 0.3) is 5.56 Å². The standard InChI is InChI=1S/C31H21N3O4S2/c1-2-37-30(36)26-27(19-9-4-3-5-10-19)33-31-34(28(26)24-13-8-16-39-24)29(35)25(40-31)17-21-14-15-23(38-21)22-12-7-6-11-20(22)18-32/h3-17,28H,2H2,1H3. The molecule has 0 saturated heterocycles. The number of ether oxygens (including phenoxy) is 1. The fourth-order valence-corrected chi connectivity index (χ4v) is 6.46. The van der Waals surface area contributed by atoms with E-state index in [9.17, 15) is 14.9 Å². The quantitative estimate of drug-likeness (QED) is 0.267. The third-order valence-electron chi connectivity index (χ3n) is 6.40. The maximum Gasteiger partial charge on any atom is 0.338 e. The number of hydrogen-bond donors (Lipinski definition) is 0. The van der Waals surface area contributed by atoms with Crippen LogP contribution in [-0.4, -0.2) is 17.1 Å². The third kappa shape index (κ3) is 4.53. The van der Waals surface area contributed by atoms with Crippen LogP contribution in [0.3, 0.4) is 0 Å². The average Bonchev–Trinajstić information content (AvgIpc) is 3.74. The predicted molar refractivity (Wildman–Crippen MR) is 154 cm³/mol.